The third-order valence-corrected chi connectivity index (χ3v) is 6.24. The van der Waals surface area contributed by atoms with E-state index in [1.165, 1.54) is 10.9 Å². The van der Waals surface area contributed by atoms with E-state index in [0.29, 0.717) is 11.7 Å². The summed E-state index contributed by atoms with van der Waals surface area (Å²) in [5, 5.41) is 14.1. The standard InChI is InChI=1S/C20H27N5OS/c1-12(2)10-15-11-27-20-16(15)19(23-13(3)24-20)25-8-4-14(5-9-25)17(26)18-21-6-7-22-18/h6-7,11-12,14,17,26H,4-5,8-10H2,1-3H3,(H,21,22). The molecule has 0 saturated carbocycles. The minimum absolute atomic E-state index is 0.225. The summed E-state index contributed by atoms with van der Waals surface area (Å²) in [6.07, 6.45) is 5.84. The molecule has 4 rings (SSSR count). The number of nitrogens with zero attached hydrogens (tertiary/aromatic N) is 4. The second-order valence-corrected chi connectivity index (χ2v) is 8.74. The highest BCUT2D eigenvalue weighted by Crippen LogP contribution is 2.36. The monoisotopic (exact) mass is 385 g/mol. The van der Waals surface area contributed by atoms with E-state index in [2.05, 4.69) is 39.1 Å². The van der Waals surface area contributed by atoms with Crippen LogP contribution in [0.3, 0.4) is 0 Å². The Morgan fingerprint density at radius 2 is 2.07 bits per heavy atom. The first-order valence-corrected chi connectivity index (χ1v) is 10.6. The molecule has 1 saturated heterocycles. The molecular formula is C20H27N5OS. The molecule has 0 amide bonds. The van der Waals surface area contributed by atoms with Gasteiger partial charge >= 0.3 is 0 Å². The Balaban J connectivity index is 1.57. The van der Waals surface area contributed by atoms with E-state index in [4.69, 9.17) is 4.98 Å². The number of hydrogen-bond acceptors (Lipinski definition) is 6. The van der Waals surface area contributed by atoms with Crippen LogP contribution in [0.15, 0.2) is 17.8 Å². The van der Waals surface area contributed by atoms with Gasteiger partial charge in [-0.2, -0.15) is 0 Å². The number of aromatic nitrogens is 4. The first-order valence-electron chi connectivity index (χ1n) is 9.70. The number of H-pyrrole nitrogens is 1. The van der Waals surface area contributed by atoms with Gasteiger partial charge in [-0.15, -0.1) is 11.3 Å². The number of aryl methyl sites for hydroxylation is 1. The molecule has 4 heterocycles. The van der Waals surface area contributed by atoms with Crippen molar-refractivity contribution in [2.75, 3.05) is 18.0 Å². The molecule has 3 aromatic heterocycles. The zero-order valence-electron chi connectivity index (χ0n) is 16.1. The van der Waals surface area contributed by atoms with Gasteiger partial charge in [0.15, 0.2) is 0 Å². The summed E-state index contributed by atoms with van der Waals surface area (Å²) in [4.78, 5) is 20.2. The number of aliphatic hydroxyl groups excluding tert-OH is 1. The van der Waals surface area contributed by atoms with Crippen LogP contribution in [0.4, 0.5) is 5.82 Å². The lowest BCUT2D eigenvalue weighted by molar-refractivity contribution is 0.0856. The molecule has 1 fully saturated rings. The summed E-state index contributed by atoms with van der Waals surface area (Å²) in [6, 6.07) is 0. The zero-order chi connectivity index (χ0) is 19.0. The van der Waals surface area contributed by atoms with E-state index >= 15 is 0 Å². The summed E-state index contributed by atoms with van der Waals surface area (Å²) in [5.74, 6) is 3.40. The maximum absolute atomic E-state index is 10.6. The van der Waals surface area contributed by atoms with Crippen LogP contribution >= 0.6 is 11.3 Å². The van der Waals surface area contributed by atoms with Gasteiger partial charge in [0.25, 0.3) is 0 Å². The largest absolute Gasteiger partial charge is 0.385 e. The molecule has 1 atom stereocenters. The molecule has 27 heavy (non-hydrogen) atoms. The van der Waals surface area contributed by atoms with E-state index in [1.807, 2.05) is 6.92 Å². The zero-order valence-corrected chi connectivity index (χ0v) is 17.0. The Morgan fingerprint density at radius 1 is 1.30 bits per heavy atom. The van der Waals surface area contributed by atoms with Gasteiger partial charge in [-0.25, -0.2) is 15.0 Å². The number of imidazole rings is 1. The Labute approximate surface area is 163 Å². The fourth-order valence-corrected chi connectivity index (χ4v) is 4.99. The number of aliphatic hydroxyl groups is 1. The number of hydrogen-bond donors (Lipinski definition) is 2. The summed E-state index contributed by atoms with van der Waals surface area (Å²) in [5.41, 5.74) is 1.36. The number of piperidine rings is 1. The van der Waals surface area contributed by atoms with Gasteiger partial charge in [0, 0.05) is 25.5 Å². The average Bonchev–Trinajstić information content (AvgIpc) is 3.31. The number of nitrogens with one attached hydrogen (secondary N) is 1. The molecular weight excluding hydrogens is 358 g/mol. The second kappa shape index (κ2) is 7.56. The third kappa shape index (κ3) is 3.71. The quantitative estimate of drug-likeness (QED) is 0.697. The van der Waals surface area contributed by atoms with Crippen molar-refractivity contribution < 1.29 is 5.11 Å². The van der Waals surface area contributed by atoms with Crippen LogP contribution in [0, 0.1) is 18.8 Å². The van der Waals surface area contributed by atoms with E-state index in [0.717, 1.165) is 48.8 Å². The third-order valence-electron chi connectivity index (χ3n) is 5.32. The van der Waals surface area contributed by atoms with Gasteiger partial charge in [-0.1, -0.05) is 13.8 Å². The van der Waals surface area contributed by atoms with E-state index in [9.17, 15) is 5.11 Å². The lowest BCUT2D eigenvalue weighted by atomic mass is 9.90. The van der Waals surface area contributed by atoms with Crippen molar-refractivity contribution in [3.05, 3.63) is 35.0 Å². The molecule has 0 spiro atoms. The highest BCUT2D eigenvalue weighted by atomic mass is 32.1. The lowest BCUT2D eigenvalue weighted by Crippen LogP contribution is -2.36. The van der Waals surface area contributed by atoms with Crippen molar-refractivity contribution in [3.8, 4) is 0 Å². The summed E-state index contributed by atoms with van der Waals surface area (Å²) in [7, 11) is 0. The first-order chi connectivity index (χ1) is 13.0. The molecule has 1 aliphatic heterocycles. The Hall–Kier alpha value is -1.99. The topological polar surface area (TPSA) is 77.9 Å². The van der Waals surface area contributed by atoms with Gasteiger partial charge in [-0.05, 0) is 49.0 Å². The van der Waals surface area contributed by atoms with Crippen molar-refractivity contribution in [2.45, 2.75) is 46.1 Å². The summed E-state index contributed by atoms with van der Waals surface area (Å²) < 4.78 is 0. The number of anilines is 1. The van der Waals surface area contributed by atoms with Crippen molar-refractivity contribution in [3.63, 3.8) is 0 Å². The van der Waals surface area contributed by atoms with Crippen LogP contribution in [0.1, 0.15) is 50.0 Å². The van der Waals surface area contributed by atoms with Gasteiger partial charge in [0.2, 0.25) is 0 Å². The normalized spacial score (nSPS) is 17.1. The molecule has 1 aliphatic rings. The number of fused-ring (bicyclic) bond motifs is 1. The van der Waals surface area contributed by atoms with Crippen molar-refractivity contribution >= 4 is 27.4 Å². The Morgan fingerprint density at radius 3 is 2.74 bits per heavy atom. The molecule has 7 heteroatoms. The predicted octanol–water partition coefficient (Wildman–Crippen LogP) is 3.87. The summed E-state index contributed by atoms with van der Waals surface area (Å²) in [6.45, 7) is 8.26. The maximum Gasteiger partial charge on any atom is 0.141 e. The van der Waals surface area contributed by atoms with Crippen LogP contribution in [0.25, 0.3) is 10.2 Å². The number of aromatic amines is 1. The maximum atomic E-state index is 10.6. The van der Waals surface area contributed by atoms with Crippen molar-refractivity contribution in [1.82, 2.24) is 19.9 Å². The van der Waals surface area contributed by atoms with Crippen molar-refractivity contribution in [2.24, 2.45) is 11.8 Å². The van der Waals surface area contributed by atoms with Crippen molar-refractivity contribution in [1.29, 1.82) is 0 Å². The van der Waals surface area contributed by atoms with Crippen LogP contribution in [-0.2, 0) is 6.42 Å². The highest BCUT2D eigenvalue weighted by molar-refractivity contribution is 7.17. The predicted molar refractivity (Wildman–Crippen MR) is 109 cm³/mol. The first kappa shape index (κ1) is 18.4. The fourth-order valence-electron chi connectivity index (χ4n) is 3.99. The van der Waals surface area contributed by atoms with Crippen LogP contribution in [0.5, 0.6) is 0 Å². The van der Waals surface area contributed by atoms with Gasteiger partial charge in [0.05, 0.1) is 5.39 Å². The van der Waals surface area contributed by atoms with Crippen LogP contribution in [-0.4, -0.2) is 38.1 Å². The fraction of sp³-hybridized carbons (Fsp3) is 0.550. The molecule has 0 aliphatic carbocycles. The minimum Gasteiger partial charge on any atom is -0.385 e. The van der Waals surface area contributed by atoms with Gasteiger partial charge in [-0.3, -0.25) is 0 Å². The smallest absolute Gasteiger partial charge is 0.141 e. The molecule has 6 nitrogen and oxygen atoms in total. The summed E-state index contributed by atoms with van der Waals surface area (Å²) >= 11 is 1.72. The number of rotatable bonds is 5. The van der Waals surface area contributed by atoms with Gasteiger partial charge in [0.1, 0.15) is 28.4 Å². The van der Waals surface area contributed by atoms with E-state index in [1.54, 1.807) is 23.7 Å². The van der Waals surface area contributed by atoms with E-state index in [-0.39, 0.29) is 5.92 Å². The molecule has 2 N–H and O–H groups in total. The van der Waals surface area contributed by atoms with Gasteiger partial charge < -0.3 is 15.0 Å². The van der Waals surface area contributed by atoms with Crippen LogP contribution < -0.4 is 4.90 Å². The molecule has 0 aromatic carbocycles. The van der Waals surface area contributed by atoms with E-state index < -0.39 is 6.10 Å². The lowest BCUT2D eigenvalue weighted by Gasteiger charge is -2.35. The molecule has 144 valence electrons. The molecule has 0 radical (unpaired) electrons. The second-order valence-electron chi connectivity index (χ2n) is 7.88. The average molecular weight is 386 g/mol. The molecule has 3 aromatic rings. The molecule has 1 unspecified atom stereocenters. The SMILES string of the molecule is Cc1nc(N2CCC(C(O)c3ncc[nH]3)CC2)c2c(CC(C)C)csc2n1. The highest BCUT2D eigenvalue weighted by Gasteiger charge is 2.29. The Bertz CT molecular complexity index is 897. The Kier molecular flexibility index (Phi) is 5.14. The molecule has 0 bridgehead atoms. The van der Waals surface area contributed by atoms with Crippen LogP contribution in [0.2, 0.25) is 0 Å². The minimum atomic E-state index is -0.521. The number of thiophene rings is 1.